The molecular weight excluding hydrogens is 298 g/mol. The Balaban J connectivity index is 2.02. The molecule has 3 heteroatoms. The molecule has 0 bridgehead atoms. The van der Waals surface area contributed by atoms with Gasteiger partial charge in [-0.05, 0) is 24.9 Å². The van der Waals surface area contributed by atoms with Crippen LogP contribution >= 0.6 is 0 Å². The number of hydrogen-bond acceptors (Lipinski definition) is 2. The highest BCUT2D eigenvalue weighted by Gasteiger charge is 2.16. The highest BCUT2D eigenvalue weighted by atomic mass is 16.4. The van der Waals surface area contributed by atoms with Crippen molar-refractivity contribution < 1.29 is 9.90 Å². The summed E-state index contributed by atoms with van der Waals surface area (Å²) in [4.78, 5) is 11.4. The molecule has 0 aliphatic carbocycles. The number of nitrogens with one attached hydrogen (secondary N) is 1. The summed E-state index contributed by atoms with van der Waals surface area (Å²) in [6, 6.07) is 9.35. The summed E-state index contributed by atoms with van der Waals surface area (Å²) in [5.41, 5.74) is 1.07. The van der Waals surface area contributed by atoms with E-state index in [-0.39, 0.29) is 0 Å². The lowest BCUT2D eigenvalue weighted by Gasteiger charge is -2.14. The SMILES string of the molecule is CCCCCCCCCCCCN[C@@H](Cc1ccccc1)C(=O)O. The fourth-order valence-electron chi connectivity index (χ4n) is 2.99. The summed E-state index contributed by atoms with van der Waals surface area (Å²) in [5.74, 6) is -0.758. The first-order valence-electron chi connectivity index (χ1n) is 9.74. The van der Waals surface area contributed by atoms with E-state index in [0.717, 1.165) is 18.5 Å². The number of hydrogen-bond donors (Lipinski definition) is 2. The van der Waals surface area contributed by atoms with Gasteiger partial charge in [0.2, 0.25) is 0 Å². The smallest absolute Gasteiger partial charge is 0.321 e. The molecule has 0 amide bonds. The average molecular weight is 334 g/mol. The highest BCUT2D eigenvalue weighted by Crippen LogP contribution is 2.10. The molecule has 1 aromatic rings. The van der Waals surface area contributed by atoms with E-state index >= 15 is 0 Å². The standard InChI is InChI=1S/C21H35NO2/c1-2-3-4-5-6-7-8-9-10-14-17-22-20(21(23)24)18-19-15-12-11-13-16-19/h11-13,15-16,20,22H,2-10,14,17-18H2,1H3,(H,23,24)/t20-/m0/s1. The van der Waals surface area contributed by atoms with Crippen LogP contribution in [0.3, 0.4) is 0 Å². The summed E-state index contributed by atoms with van der Waals surface area (Å²) in [6.45, 7) is 3.04. The molecule has 0 spiro atoms. The second-order valence-electron chi connectivity index (χ2n) is 6.72. The monoisotopic (exact) mass is 333 g/mol. The van der Waals surface area contributed by atoms with Gasteiger partial charge in [0, 0.05) is 0 Å². The van der Waals surface area contributed by atoms with Crippen molar-refractivity contribution >= 4 is 5.97 Å². The molecule has 0 saturated carbocycles. The number of carboxylic acids is 1. The quantitative estimate of drug-likeness (QED) is 0.434. The van der Waals surface area contributed by atoms with Gasteiger partial charge in [0.25, 0.3) is 0 Å². The van der Waals surface area contributed by atoms with E-state index in [2.05, 4.69) is 12.2 Å². The molecule has 1 atom stereocenters. The van der Waals surface area contributed by atoms with E-state index in [1.54, 1.807) is 0 Å². The second kappa shape index (κ2) is 14.0. The van der Waals surface area contributed by atoms with Crippen LogP contribution < -0.4 is 5.32 Å². The molecule has 1 rings (SSSR count). The van der Waals surface area contributed by atoms with Crippen molar-refractivity contribution in [2.24, 2.45) is 0 Å². The Hall–Kier alpha value is -1.35. The van der Waals surface area contributed by atoms with Gasteiger partial charge in [-0.3, -0.25) is 4.79 Å². The molecule has 0 aliphatic rings. The van der Waals surface area contributed by atoms with Gasteiger partial charge in [0.05, 0.1) is 0 Å². The molecule has 0 saturated heterocycles. The molecular formula is C21H35NO2. The van der Waals surface area contributed by atoms with Crippen molar-refractivity contribution in [2.75, 3.05) is 6.54 Å². The molecule has 2 N–H and O–H groups in total. The Morgan fingerprint density at radius 3 is 2.00 bits per heavy atom. The molecule has 0 unspecified atom stereocenters. The van der Waals surface area contributed by atoms with Crippen molar-refractivity contribution in [2.45, 2.75) is 83.6 Å². The maximum absolute atomic E-state index is 11.4. The molecule has 0 fully saturated rings. The molecule has 1 aromatic carbocycles. The van der Waals surface area contributed by atoms with Gasteiger partial charge in [-0.15, -0.1) is 0 Å². The Kier molecular flexibility index (Phi) is 12.1. The lowest BCUT2D eigenvalue weighted by molar-refractivity contribution is -0.139. The normalized spacial score (nSPS) is 12.2. The van der Waals surface area contributed by atoms with Crippen molar-refractivity contribution in [1.82, 2.24) is 5.32 Å². The van der Waals surface area contributed by atoms with E-state index < -0.39 is 12.0 Å². The predicted octanol–water partition coefficient (Wildman–Crippen LogP) is 5.19. The summed E-state index contributed by atoms with van der Waals surface area (Å²) >= 11 is 0. The molecule has 0 aliphatic heterocycles. The van der Waals surface area contributed by atoms with Crippen LogP contribution in [0, 0.1) is 0 Å². The van der Waals surface area contributed by atoms with Crippen molar-refractivity contribution in [1.29, 1.82) is 0 Å². The van der Waals surface area contributed by atoms with Crippen LogP contribution in [-0.2, 0) is 11.2 Å². The minimum Gasteiger partial charge on any atom is -0.480 e. The first-order valence-corrected chi connectivity index (χ1v) is 9.74. The molecule has 0 aromatic heterocycles. The minimum absolute atomic E-state index is 0.481. The summed E-state index contributed by atoms with van der Waals surface area (Å²) in [5, 5.41) is 12.5. The summed E-state index contributed by atoms with van der Waals surface area (Å²) < 4.78 is 0. The molecule has 3 nitrogen and oxygen atoms in total. The zero-order valence-corrected chi connectivity index (χ0v) is 15.3. The van der Waals surface area contributed by atoms with Gasteiger partial charge in [0.15, 0.2) is 0 Å². The third-order valence-electron chi connectivity index (χ3n) is 4.50. The van der Waals surface area contributed by atoms with E-state index in [0.29, 0.717) is 6.42 Å². The highest BCUT2D eigenvalue weighted by molar-refractivity contribution is 5.73. The maximum Gasteiger partial charge on any atom is 0.321 e. The lowest BCUT2D eigenvalue weighted by atomic mass is 10.1. The topological polar surface area (TPSA) is 49.3 Å². The van der Waals surface area contributed by atoms with Gasteiger partial charge in [-0.1, -0.05) is 95.0 Å². The first kappa shape index (κ1) is 20.7. The van der Waals surface area contributed by atoms with E-state index in [1.165, 1.54) is 57.8 Å². The number of rotatable bonds is 15. The fourth-order valence-corrected chi connectivity index (χ4v) is 2.99. The number of carboxylic acid groups (broad SMARTS) is 1. The number of benzene rings is 1. The molecule has 136 valence electrons. The van der Waals surface area contributed by atoms with Crippen LogP contribution in [-0.4, -0.2) is 23.7 Å². The zero-order valence-electron chi connectivity index (χ0n) is 15.3. The van der Waals surface area contributed by atoms with Gasteiger partial charge in [-0.2, -0.15) is 0 Å². The van der Waals surface area contributed by atoms with Crippen LogP contribution in [0.5, 0.6) is 0 Å². The van der Waals surface area contributed by atoms with Gasteiger partial charge in [-0.25, -0.2) is 0 Å². The largest absolute Gasteiger partial charge is 0.480 e. The Bertz CT molecular complexity index is 419. The lowest BCUT2D eigenvalue weighted by Crippen LogP contribution is -2.39. The van der Waals surface area contributed by atoms with Gasteiger partial charge < -0.3 is 10.4 Å². The van der Waals surface area contributed by atoms with Gasteiger partial charge >= 0.3 is 5.97 Å². The Morgan fingerprint density at radius 1 is 0.917 bits per heavy atom. The summed E-state index contributed by atoms with van der Waals surface area (Å²) in [6.07, 6.45) is 13.6. The summed E-state index contributed by atoms with van der Waals surface area (Å²) in [7, 11) is 0. The predicted molar refractivity (Wildman–Crippen MR) is 101 cm³/mol. The zero-order chi connectivity index (χ0) is 17.5. The molecule has 0 radical (unpaired) electrons. The molecule has 24 heavy (non-hydrogen) atoms. The van der Waals surface area contributed by atoms with Gasteiger partial charge in [0.1, 0.15) is 6.04 Å². The number of carbonyl (C=O) groups is 1. The average Bonchev–Trinajstić information content (AvgIpc) is 2.59. The van der Waals surface area contributed by atoms with Crippen LogP contribution in [0.1, 0.15) is 76.7 Å². The number of unbranched alkanes of at least 4 members (excludes halogenated alkanes) is 9. The third kappa shape index (κ3) is 10.4. The van der Waals surface area contributed by atoms with E-state index in [9.17, 15) is 9.90 Å². The minimum atomic E-state index is -0.758. The van der Waals surface area contributed by atoms with Crippen LogP contribution in [0.2, 0.25) is 0 Å². The van der Waals surface area contributed by atoms with Crippen LogP contribution in [0.4, 0.5) is 0 Å². The fraction of sp³-hybridized carbons (Fsp3) is 0.667. The van der Waals surface area contributed by atoms with Crippen molar-refractivity contribution in [3.05, 3.63) is 35.9 Å². The van der Waals surface area contributed by atoms with E-state index in [1.807, 2.05) is 30.3 Å². The maximum atomic E-state index is 11.4. The first-order chi connectivity index (χ1) is 11.7. The van der Waals surface area contributed by atoms with Crippen molar-refractivity contribution in [3.8, 4) is 0 Å². The van der Waals surface area contributed by atoms with Crippen molar-refractivity contribution in [3.63, 3.8) is 0 Å². The third-order valence-corrected chi connectivity index (χ3v) is 4.50. The van der Waals surface area contributed by atoms with E-state index in [4.69, 9.17) is 0 Å². The Labute approximate surface area is 147 Å². The van der Waals surface area contributed by atoms with Crippen LogP contribution in [0.25, 0.3) is 0 Å². The Morgan fingerprint density at radius 2 is 1.46 bits per heavy atom. The molecule has 0 heterocycles. The second-order valence-corrected chi connectivity index (χ2v) is 6.72. The van der Waals surface area contributed by atoms with Crippen LogP contribution in [0.15, 0.2) is 30.3 Å². The number of aliphatic carboxylic acids is 1.